The monoisotopic (exact) mass is 217 g/mol. The molecule has 1 fully saturated rings. The van der Waals surface area contributed by atoms with Crippen molar-refractivity contribution in [2.75, 3.05) is 32.1 Å². The Morgan fingerprint density at radius 2 is 2.00 bits per heavy atom. The van der Waals surface area contributed by atoms with Gasteiger partial charge in [-0.1, -0.05) is 0 Å². The fraction of sp³-hybridized carbons (Fsp3) is 0.778. The van der Waals surface area contributed by atoms with Gasteiger partial charge in [0.25, 0.3) is 0 Å². The first kappa shape index (κ1) is 9.98. The van der Waals surface area contributed by atoms with Crippen LogP contribution in [0.5, 0.6) is 0 Å². The van der Waals surface area contributed by atoms with Crippen LogP contribution in [-0.2, 0) is 14.6 Å². The first-order valence-corrected chi connectivity index (χ1v) is 6.65. The topological polar surface area (TPSA) is 46.6 Å². The number of morpholine rings is 1. The lowest BCUT2D eigenvalue weighted by Crippen LogP contribution is -2.36. The quantitative estimate of drug-likeness (QED) is 0.636. The zero-order valence-corrected chi connectivity index (χ0v) is 8.92. The summed E-state index contributed by atoms with van der Waals surface area (Å²) in [5.74, 6) is 0.306. The third kappa shape index (κ3) is 2.27. The third-order valence-electron chi connectivity index (χ3n) is 2.59. The fourth-order valence-corrected chi connectivity index (χ4v) is 3.21. The smallest absolute Gasteiger partial charge is 0.173 e. The van der Waals surface area contributed by atoms with Gasteiger partial charge in [0.15, 0.2) is 9.84 Å². The van der Waals surface area contributed by atoms with Crippen LogP contribution in [0.3, 0.4) is 0 Å². The van der Waals surface area contributed by atoms with Crippen molar-refractivity contribution in [2.24, 2.45) is 0 Å². The number of sulfone groups is 1. The van der Waals surface area contributed by atoms with Gasteiger partial charge >= 0.3 is 0 Å². The average Bonchev–Trinajstić information content (AvgIpc) is 2.18. The highest BCUT2D eigenvalue weighted by molar-refractivity contribution is 7.94. The highest BCUT2D eigenvalue weighted by Crippen LogP contribution is 2.20. The Labute approximate surface area is 84.5 Å². The van der Waals surface area contributed by atoms with Gasteiger partial charge in [0.05, 0.1) is 19.0 Å². The molecule has 0 aliphatic carbocycles. The Morgan fingerprint density at radius 3 is 2.64 bits per heavy atom. The van der Waals surface area contributed by atoms with Crippen molar-refractivity contribution in [1.29, 1.82) is 0 Å². The van der Waals surface area contributed by atoms with Gasteiger partial charge in [-0.25, -0.2) is 8.42 Å². The van der Waals surface area contributed by atoms with Crippen molar-refractivity contribution < 1.29 is 13.2 Å². The molecule has 0 bridgehead atoms. The van der Waals surface area contributed by atoms with Crippen molar-refractivity contribution in [3.05, 3.63) is 11.1 Å². The number of rotatable bonds is 1. The standard InChI is InChI=1S/C9H15NO3S/c11-14(12)7-1-2-9(8-14)10-3-5-13-6-4-10/h8H,1-7H2. The van der Waals surface area contributed by atoms with Gasteiger partial charge in [0.1, 0.15) is 0 Å². The predicted molar refractivity (Wildman–Crippen MR) is 53.5 cm³/mol. The van der Waals surface area contributed by atoms with E-state index in [9.17, 15) is 8.42 Å². The first-order valence-electron chi connectivity index (χ1n) is 4.93. The summed E-state index contributed by atoms with van der Waals surface area (Å²) in [6, 6.07) is 0. The summed E-state index contributed by atoms with van der Waals surface area (Å²) in [6.45, 7) is 3.05. The Balaban J connectivity index is 2.12. The van der Waals surface area contributed by atoms with E-state index in [1.54, 1.807) is 0 Å². The first-order chi connectivity index (χ1) is 6.67. The van der Waals surface area contributed by atoms with E-state index in [4.69, 9.17) is 4.74 Å². The van der Waals surface area contributed by atoms with E-state index >= 15 is 0 Å². The maximum atomic E-state index is 11.4. The highest BCUT2D eigenvalue weighted by atomic mass is 32.2. The molecule has 0 atom stereocenters. The van der Waals surface area contributed by atoms with Crippen LogP contribution in [0.1, 0.15) is 12.8 Å². The number of allylic oxidation sites excluding steroid dienone is 1. The minimum Gasteiger partial charge on any atom is -0.378 e. The molecule has 1 saturated heterocycles. The van der Waals surface area contributed by atoms with Crippen LogP contribution < -0.4 is 0 Å². The lowest BCUT2D eigenvalue weighted by molar-refractivity contribution is 0.0520. The summed E-state index contributed by atoms with van der Waals surface area (Å²) in [5.41, 5.74) is 0.972. The summed E-state index contributed by atoms with van der Waals surface area (Å²) in [4.78, 5) is 2.13. The van der Waals surface area contributed by atoms with Crippen molar-refractivity contribution in [2.45, 2.75) is 12.8 Å². The van der Waals surface area contributed by atoms with Crippen molar-refractivity contribution >= 4 is 9.84 Å². The molecular formula is C9H15NO3S. The van der Waals surface area contributed by atoms with E-state index < -0.39 is 9.84 Å². The Hall–Kier alpha value is -0.550. The average molecular weight is 217 g/mol. The maximum Gasteiger partial charge on any atom is 0.173 e. The van der Waals surface area contributed by atoms with Gasteiger partial charge in [0.2, 0.25) is 0 Å². The summed E-state index contributed by atoms with van der Waals surface area (Å²) < 4.78 is 28.0. The van der Waals surface area contributed by atoms with Gasteiger partial charge in [-0.05, 0) is 12.8 Å². The van der Waals surface area contributed by atoms with E-state index in [1.165, 1.54) is 5.41 Å². The molecule has 4 nitrogen and oxygen atoms in total. The van der Waals surface area contributed by atoms with E-state index in [1.807, 2.05) is 0 Å². The van der Waals surface area contributed by atoms with Gasteiger partial charge < -0.3 is 9.64 Å². The van der Waals surface area contributed by atoms with Gasteiger partial charge in [-0.2, -0.15) is 0 Å². The van der Waals surface area contributed by atoms with Crippen LogP contribution in [-0.4, -0.2) is 45.4 Å². The molecule has 0 aromatic heterocycles. The predicted octanol–water partition coefficient (Wildman–Crippen LogP) is 0.369. The van der Waals surface area contributed by atoms with Crippen LogP contribution in [0.25, 0.3) is 0 Å². The normalized spacial score (nSPS) is 27.1. The summed E-state index contributed by atoms with van der Waals surface area (Å²) >= 11 is 0. The molecule has 0 unspecified atom stereocenters. The summed E-state index contributed by atoms with van der Waals surface area (Å²) in [5, 5.41) is 1.45. The summed E-state index contributed by atoms with van der Waals surface area (Å²) in [6.07, 6.45) is 1.64. The number of hydrogen-bond acceptors (Lipinski definition) is 4. The van der Waals surface area contributed by atoms with Gasteiger partial charge in [0, 0.05) is 24.2 Å². The largest absolute Gasteiger partial charge is 0.378 e. The molecule has 2 heterocycles. The Kier molecular flexibility index (Phi) is 2.78. The molecule has 0 spiro atoms. The van der Waals surface area contributed by atoms with Crippen molar-refractivity contribution in [1.82, 2.24) is 4.90 Å². The number of nitrogens with zero attached hydrogens (tertiary/aromatic N) is 1. The Bertz CT molecular complexity index is 328. The van der Waals surface area contributed by atoms with E-state index in [0.717, 1.165) is 31.6 Å². The van der Waals surface area contributed by atoms with Crippen LogP contribution in [0.15, 0.2) is 11.1 Å². The van der Waals surface area contributed by atoms with Crippen LogP contribution >= 0.6 is 0 Å². The third-order valence-corrected chi connectivity index (χ3v) is 4.08. The molecule has 2 aliphatic rings. The van der Waals surface area contributed by atoms with Crippen LogP contribution in [0, 0.1) is 0 Å². The lowest BCUT2D eigenvalue weighted by atomic mass is 10.2. The zero-order chi connectivity index (χ0) is 10.0. The molecule has 0 N–H and O–H groups in total. The molecule has 2 aliphatic heterocycles. The van der Waals surface area contributed by atoms with Gasteiger partial charge in [-0.15, -0.1) is 0 Å². The van der Waals surface area contributed by atoms with Crippen LogP contribution in [0.2, 0.25) is 0 Å². The minimum atomic E-state index is -2.93. The molecule has 5 heteroatoms. The molecule has 0 radical (unpaired) electrons. The fourth-order valence-electron chi connectivity index (χ4n) is 1.86. The molecule has 2 rings (SSSR count). The second-order valence-corrected chi connectivity index (χ2v) is 5.65. The van der Waals surface area contributed by atoms with E-state index in [2.05, 4.69) is 4.90 Å². The summed E-state index contributed by atoms with van der Waals surface area (Å²) in [7, 11) is -2.93. The second-order valence-electron chi connectivity index (χ2n) is 3.68. The van der Waals surface area contributed by atoms with E-state index in [0.29, 0.717) is 19.0 Å². The van der Waals surface area contributed by atoms with Crippen LogP contribution in [0.4, 0.5) is 0 Å². The zero-order valence-electron chi connectivity index (χ0n) is 8.11. The number of ether oxygens (including phenoxy) is 1. The molecule has 0 aromatic carbocycles. The van der Waals surface area contributed by atoms with Crippen molar-refractivity contribution in [3.8, 4) is 0 Å². The molecular weight excluding hydrogens is 202 g/mol. The molecule has 80 valence electrons. The maximum absolute atomic E-state index is 11.4. The van der Waals surface area contributed by atoms with Crippen molar-refractivity contribution in [3.63, 3.8) is 0 Å². The second kappa shape index (κ2) is 3.90. The highest BCUT2D eigenvalue weighted by Gasteiger charge is 2.21. The molecule has 0 aromatic rings. The van der Waals surface area contributed by atoms with Gasteiger partial charge in [-0.3, -0.25) is 0 Å². The lowest BCUT2D eigenvalue weighted by Gasteiger charge is -2.32. The molecule has 0 amide bonds. The Morgan fingerprint density at radius 1 is 1.29 bits per heavy atom. The minimum absolute atomic E-state index is 0.306. The SMILES string of the molecule is O=S1(=O)C=C(N2CCOCC2)CCC1. The van der Waals surface area contributed by atoms with E-state index in [-0.39, 0.29) is 0 Å². The molecule has 14 heavy (non-hydrogen) atoms. The molecule has 0 saturated carbocycles. The number of hydrogen-bond donors (Lipinski definition) is 0.